The van der Waals surface area contributed by atoms with Crippen molar-refractivity contribution in [2.45, 2.75) is 20.3 Å². The lowest BCUT2D eigenvalue weighted by molar-refractivity contribution is 0.718. The predicted molar refractivity (Wildman–Crippen MR) is 53.8 cm³/mol. The highest BCUT2D eigenvalue weighted by Crippen LogP contribution is 2.09. The van der Waals surface area contributed by atoms with E-state index in [0.717, 1.165) is 13.0 Å². The van der Waals surface area contributed by atoms with Gasteiger partial charge in [-0.1, -0.05) is 38.2 Å². The molecular formula is C11H17N. The zero-order valence-electron chi connectivity index (χ0n) is 7.88. The van der Waals surface area contributed by atoms with Crippen LogP contribution in [-0.2, 0) is 0 Å². The van der Waals surface area contributed by atoms with Crippen molar-refractivity contribution < 1.29 is 0 Å². The zero-order chi connectivity index (χ0) is 8.81. The summed E-state index contributed by atoms with van der Waals surface area (Å²) < 4.78 is 0. The van der Waals surface area contributed by atoms with Crippen LogP contribution in [-0.4, -0.2) is 6.54 Å². The van der Waals surface area contributed by atoms with Crippen molar-refractivity contribution in [1.82, 2.24) is 5.32 Å². The summed E-state index contributed by atoms with van der Waals surface area (Å²) in [4.78, 5) is 0. The molecule has 0 saturated heterocycles. The maximum atomic E-state index is 3.27. The zero-order valence-corrected chi connectivity index (χ0v) is 7.88. The third-order valence-electron chi connectivity index (χ3n) is 2.00. The summed E-state index contributed by atoms with van der Waals surface area (Å²) in [6, 6.07) is 0. The lowest BCUT2D eigenvalue weighted by Gasteiger charge is -2.09. The van der Waals surface area contributed by atoms with Crippen molar-refractivity contribution in [1.29, 1.82) is 0 Å². The molecule has 0 aromatic rings. The smallest absolute Gasteiger partial charge is 0.0360 e. The van der Waals surface area contributed by atoms with Crippen LogP contribution in [0.3, 0.4) is 0 Å². The highest BCUT2D eigenvalue weighted by Gasteiger charge is 2.00. The minimum absolute atomic E-state index is 0.633. The summed E-state index contributed by atoms with van der Waals surface area (Å²) in [7, 11) is 0. The highest BCUT2D eigenvalue weighted by atomic mass is 14.8. The molecule has 1 heteroatoms. The molecule has 0 saturated carbocycles. The SMILES string of the molecule is CC(C)/C1=C/C=C\C/C=C\NC1. The van der Waals surface area contributed by atoms with E-state index >= 15 is 0 Å². The largest absolute Gasteiger partial charge is 0.387 e. The van der Waals surface area contributed by atoms with Crippen LogP contribution in [0.25, 0.3) is 0 Å². The van der Waals surface area contributed by atoms with Gasteiger partial charge in [0.1, 0.15) is 0 Å². The van der Waals surface area contributed by atoms with Gasteiger partial charge in [-0.25, -0.2) is 0 Å². The first-order valence-corrected chi connectivity index (χ1v) is 4.54. The van der Waals surface area contributed by atoms with E-state index in [9.17, 15) is 0 Å². The van der Waals surface area contributed by atoms with E-state index in [1.807, 2.05) is 6.20 Å². The minimum Gasteiger partial charge on any atom is -0.387 e. The van der Waals surface area contributed by atoms with E-state index in [-0.39, 0.29) is 0 Å². The first kappa shape index (κ1) is 9.11. The lowest BCUT2D eigenvalue weighted by Crippen LogP contribution is -2.12. The van der Waals surface area contributed by atoms with E-state index in [0.29, 0.717) is 5.92 Å². The van der Waals surface area contributed by atoms with Crippen molar-refractivity contribution in [2.75, 3.05) is 6.54 Å². The summed E-state index contributed by atoms with van der Waals surface area (Å²) >= 11 is 0. The van der Waals surface area contributed by atoms with Gasteiger partial charge >= 0.3 is 0 Å². The van der Waals surface area contributed by atoms with E-state index < -0.39 is 0 Å². The maximum Gasteiger partial charge on any atom is 0.0360 e. The molecule has 12 heavy (non-hydrogen) atoms. The molecule has 0 radical (unpaired) electrons. The van der Waals surface area contributed by atoms with Gasteiger partial charge in [0.2, 0.25) is 0 Å². The molecule has 1 heterocycles. The second-order valence-corrected chi connectivity index (χ2v) is 3.34. The van der Waals surface area contributed by atoms with Gasteiger partial charge in [-0.05, 0) is 24.1 Å². The fourth-order valence-electron chi connectivity index (χ4n) is 1.13. The molecule has 1 aliphatic rings. The molecule has 0 aromatic heterocycles. The Morgan fingerprint density at radius 1 is 1.33 bits per heavy atom. The Balaban J connectivity index is 2.64. The lowest BCUT2D eigenvalue weighted by atomic mass is 10.0. The highest BCUT2D eigenvalue weighted by molar-refractivity contribution is 5.17. The van der Waals surface area contributed by atoms with Crippen LogP contribution in [0.2, 0.25) is 0 Å². The predicted octanol–water partition coefficient (Wildman–Crippen LogP) is 2.63. The van der Waals surface area contributed by atoms with Crippen LogP contribution in [0.1, 0.15) is 20.3 Å². The molecule has 1 nitrogen and oxygen atoms in total. The summed E-state index contributed by atoms with van der Waals surface area (Å²) in [6.07, 6.45) is 11.7. The molecule has 1 rings (SSSR count). The van der Waals surface area contributed by atoms with Crippen LogP contribution < -0.4 is 5.32 Å². The molecule has 0 atom stereocenters. The number of nitrogens with one attached hydrogen (secondary N) is 1. The molecule has 0 fully saturated rings. The number of hydrogen-bond acceptors (Lipinski definition) is 1. The summed E-state index contributed by atoms with van der Waals surface area (Å²) in [5, 5.41) is 3.27. The van der Waals surface area contributed by atoms with Gasteiger partial charge in [0.25, 0.3) is 0 Å². The molecule has 0 spiro atoms. The van der Waals surface area contributed by atoms with Crippen LogP contribution in [0.4, 0.5) is 0 Å². The Labute approximate surface area is 74.9 Å². The molecule has 0 unspecified atom stereocenters. The third-order valence-corrected chi connectivity index (χ3v) is 2.00. The summed E-state index contributed by atoms with van der Waals surface area (Å²) in [5.41, 5.74) is 1.46. The third kappa shape index (κ3) is 2.95. The Hall–Kier alpha value is -0.980. The average molecular weight is 163 g/mol. The van der Waals surface area contributed by atoms with Gasteiger partial charge in [-0.15, -0.1) is 0 Å². The molecular weight excluding hydrogens is 146 g/mol. The fraction of sp³-hybridized carbons (Fsp3) is 0.455. The minimum atomic E-state index is 0.633. The van der Waals surface area contributed by atoms with Crippen molar-refractivity contribution in [3.05, 3.63) is 36.1 Å². The molecule has 1 N–H and O–H groups in total. The molecule has 66 valence electrons. The second-order valence-electron chi connectivity index (χ2n) is 3.34. The molecule has 0 bridgehead atoms. The maximum absolute atomic E-state index is 3.27. The van der Waals surface area contributed by atoms with E-state index in [2.05, 4.69) is 43.5 Å². The molecule has 1 aliphatic heterocycles. The first-order chi connectivity index (χ1) is 5.80. The number of hydrogen-bond donors (Lipinski definition) is 1. The monoisotopic (exact) mass is 163 g/mol. The average Bonchev–Trinajstić information content (AvgIpc) is 2.15. The molecule has 0 aromatic carbocycles. The van der Waals surface area contributed by atoms with Crippen molar-refractivity contribution in [2.24, 2.45) is 5.92 Å². The van der Waals surface area contributed by atoms with Gasteiger partial charge in [0.05, 0.1) is 0 Å². The molecule has 0 amide bonds. The van der Waals surface area contributed by atoms with Gasteiger partial charge in [0, 0.05) is 6.54 Å². The topological polar surface area (TPSA) is 12.0 Å². The van der Waals surface area contributed by atoms with Crippen molar-refractivity contribution in [3.8, 4) is 0 Å². The second kappa shape index (κ2) is 4.81. The van der Waals surface area contributed by atoms with E-state index in [4.69, 9.17) is 0 Å². The van der Waals surface area contributed by atoms with Crippen molar-refractivity contribution in [3.63, 3.8) is 0 Å². The van der Waals surface area contributed by atoms with Crippen LogP contribution >= 0.6 is 0 Å². The quantitative estimate of drug-likeness (QED) is 0.626. The summed E-state index contributed by atoms with van der Waals surface area (Å²) in [6.45, 7) is 5.42. The fourth-order valence-corrected chi connectivity index (χ4v) is 1.13. The van der Waals surface area contributed by atoms with Crippen molar-refractivity contribution >= 4 is 0 Å². The van der Waals surface area contributed by atoms with E-state index in [1.54, 1.807) is 0 Å². The number of allylic oxidation sites excluding steroid dienone is 4. The standard InChI is InChI=1S/C11H17N/c1-10(2)11-7-5-3-4-6-8-12-9-11/h3,5-8,10,12H,4,9H2,1-2H3/b5-3-,8-6-,11-7+. The van der Waals surface area contributed by atoms with Gasteiger partial charge in [0.15, 0.2) is 0 Å². The Morgan fingerprint density at radius 3 is 2.92 bits per heavy atom. The van der Waals surface area contributed by atoms with Gasteiger partial charge in [-0.3, -0.25) is 0 Å². The Bertz CT molecular complexity index is 209. The molecule has 0 aliphatic carbocycles. The normalized spacial score (nSPS) is 27.4. The van der Waals surface area contributed by atoms with Crippen LogP contribution in [0, 0.1) is 5.92 Å². The van der Waals surface area contributed by atoms with Crippen LogP contribution in [0.5, 0.6) is 0 Å². The summed E-state index contributed by atoms with van der Waals surface area (Å²) in [5.74, 6) is 0.633. The van der Waals surface area contributed by atoms with Gasteiger partial charge < -0.3 is 5.32 Å². The Morgan fingerprint density at radius 2 is 2.17 bits per heavy atom. The Kier molecular flexibility index (Phi) is 3.65. The van der Waals surface area contributed by atoms with E-state index in [1.165, 1.54) is 5.57 Å². The first-order valence-electron chi connectivity index (χ1n) is 4.54. The number of rotatable bonds is 1. The van der Waals surface area contributed by atoms with Crippen LogP contribution in [0.15, 0.2) is 36.1 Å². The van der Waals surface area contributed by atoms with Gasteiger partial charge in [-0.2, -0.15) is 0 Å².